The van der Waals surface area contributed by atoms with Crippen molar-refractivity contribution in [3.63, 3.8) is 0 Å². The molecular formula is C25H24N2O4. The van der Waals surface area contributed by atoms with Gasteiger partial charge in [0.15, 0.2) is 18.0 Å². The Bertz CT molecular complexity index is 1250. The second kappa shape index (κ2) is 6.17. The number of benzene rings is 2. The topological polar surface area (TPSA) is 74.9 Å². The lowest BCUT2D eigenvalue weighted by molar-refractivity contribution is 0.0571. The van der Waals surface area contributed by atoms with Gasteiger partial charge < -0.3 is 19.8 Å². The maximum atomic E-state index is 11.8. The van der Waals surface area contributed by atoms with Gasteiger partial charge in [-0.15, -0.1) is 0 Å². The minimum atomic E-state index is -0.839. The van der Waals surface area contributed by atoms with Gasteiger partial charge in [-0.2, -0.15) is 0 Å². The van der Waals surface area contributed by atoms with E-state index < -0.39 is 11.1 Å². The van der Waals surface area contributed by atoms with Crippen LogP contribution < -0.4 is 9.64 Å². The molecule has 5 rings (SSSR count). The predicted molar refractivity (Wildman–Crippen MR) is 119 cm³/mol. The lowest BCUT2D eigenvalue weighted by Gasteiger charge is -2.46. The van der Waals surface area contributed by atoms with Crippen LogP contribution in [0.15, 0.2) is 48.5 Å². The first-order chi connectivity index (χ1) is 14.7. The van der Waals surface area contributed by atoms with Crippen molar-refractivity contribution >= 4 is 18.0 Å². The van der Waals surface area contributed by atoms with Gasteiger partial charge in [0.25, 0.3) is 0 Å². The van der Waals surface area contributed by atoms with Crippen molar-refractivity contribution in [3.05, 3.63) is 70.8 Å². The van der Waals surface area contributed by atoms with Crippen LogP contribution in [0.4, 0.5) is 5.69 Å². The fraction of sp³-hybridized carbons (Fsp3) is 0.240. The van der Waals surface area contributed by atoms with Gasteiger partial charge in [-0.1, -0.05) is 0 Å². The Kier molecular flexibility index (Phi) is 3.84. The van der Waals surface area contributed by atoms with E-state index in [1.807, 2.05) is 56.5 Å². The Hall–Kier alpha value is -3.67. The van der Waals surface area contributed by atoms with Crippen molar-refractivity contribution in [3.8, 4) is 23.2 Å². The van der Waals surface area contributed by atoms with Crippen molar-refractivity contribution in [1.82, 2.24) is 4.57 Å². The van der Waals surface area contributed by atoms with E-state index in [0.29, 0.717) is 17.0 Å². The molecule has 2 N–H and O–H groups in total. The van der Waals surface area contributed by atoms with Crippen LogP contribution in [-0.4, -0.2) is 33.8 Å². The number of rotatable bonds is 2. The highest BCUT2D eigenvalue weighted by Crippen LogP contribution is 2.55. The number of aromatic hydroxyl groups is 2. The lowest BCUT2D eigenvalue weighted by atomic mass is 9.76. The van der Waals surface area contributed by atoms with Crippen LogP contribution >= 0.6 is 0 Å². The second-order valence-corrected chi connectivity index (χ2v) is 8.79. The predicted octanol–water partition coefficient (Wildman–Crippen LogP) is 4.54. The van der Waals surface area contributed by atoms with Crippen molar-refractivity contribution < 1.29 is 19.7 Å². The summed E-state index contributed by atoms with van der Waals surface area (Å²) < 4.78 is 8.04. The Balaban J connectivity index is 1.67. The molecule has 0 fully saturated rings. The van der Waals surface area contributed by atoms with E-state index in [0.717, 1.165) is 28.7 Å². The smallest absolute Gasteiger partial charge is 0.211 e. The van der Waals surface area contributed by atoms with Crippen LogP contribution in [0.1, 0.15) is 40.9 Å². The molecule has 158 valence electrons. The van der Waals surface area contributed by atoms with Gasteiger partial charge in [0, 0.05) is 30.4 Å². The minimum absolute atomic E-state index is 0.0370. The number of likely N-dealkylation sites (N-methyl/N-ethyl adjacent to an activating group) is 1. The molecule has 3 aromatic rings. The lowest BCUT2D eigenvalue weighted by Crippen LogP contribution is -2.58. The number of ether oxygens (including phenoxy) is 1. The third-order valence-corrected chi connectivity index (χ3v) is 6.67. The molecule has 31 heavy (non-hydrogen) atoms. The number of hydrogen-bond donors (Lipinski definition) is 2. The summed E-state index contributed by atoms with van der Waals surface area (Å²) in [5, 5.41) is 20.3. The molecule has 1 atom stereocenters. The molecule has 6 heteroatoms. The summed E-state index contributed by atoms with van der Waals surface area (Å²) in [5.74, 6) is 0.506. The minimum Gasteiger partial charge on any atom is -0.494 e. The number of carbonyl (C=O) groups excluding carboxylic acids is 1. The van der Waals surface area contributed by atoms with Crippen molar-refractivity contribution in [2.45, 2.75) is 31.9 Å². The summed E-state index contributed by atoms with van der Waals surface area (Å²) in [4.78, 5) is 13.8. The van der Waals surface area contributed by atoms with Gasteiger partial charge in [-0.3, -0.25) is 9.36 Å². The van der Waals surface area contributed by atoms with Crippen LogP contribution in [0.25, 0.3) is 11.8 Å². The Morgan fingerprint density at radius 2 is 1.74 bits per heavy atom. The van der Waals surface area contributed by atoms with E-state index in [1.165, 1.54) is 16.7 Å². The molecule has 1 unspecified atom stereocenters. The van der Waals surface area contributed by atoms with E-state index in [-0.39, 0.29) is 11.8 Å². The molecule has 0 radical (unpaired) electrons. The molecule has 1 aromatic heterocycles. The fourth-order valence-electron chi connectivity index (χ4n) is 5.00. The summed E-state index contributed by atoms with van der Waals surface area (Å²) in [6.07, 6.45) is 4.91. The van der Waals surface area contributed by atoms with Gasteiger partial charge in [0.2, 0.25) is 5.72 Å². The van der Waals surface area contributed by atoms with E-state index >= 15 is 0 Å². The first kappa shape index (κ1) is 19.3. The Morgan fingerprint density at radius 3 is 2.42 bits per heavy atom. The van der Waals surface area contributed by atoms with Gasteiger partial charge >= 0.3 is 0 Å². The summed E-state index contributed by atoms with van der Waals surface area (Å²) in [5.41, 5.74) is 3.71. The highest BCUT2D eigenvalue weighted by atomic mass is 16.5. The van der Waals surface area contributed by atoms with Gasteiger partial charge in [0.1, 0.15) is 5.75 Å². The van der Waals surface area contributed by atoms with Crippen LogP contribution in [0.3, 0.4) is 0 Å². The standard InChI is InChI=1S/C25H24N2O4/c1-15-11-16-9-10-25(31-23(16)17(12-15)14-28)24(2,3)19-13-18(5-6-20(19)26(25)4)27-21(29)7-8-22(27)30/h5-14,29-30H,1-4H3. The number of fused-ring (bicyclic) bond motifs is 2. The number of carbonyl (C=O) groups is 1. The molecule has 0 aliphatic carbocycles. The zero-order chi connectivity index (χ0) is 22.1. The Labute approximate surface area is 180 Å². The van der Waals surface area contributed by atoms with Crippen LogP contribution in [0.5, 0.6) is 17.5 Å². The van der Waals surface area contributed by atoms with E-state index in [4.69, 9.17) is 4.74 Å². The van der Waals surface area contributed by atoms with Crippen molar-refractivity contribution in [2.24, 2.45) is 0 Å². The summed E-state index contributed by atoms with van der Waals surface area (Å²) in [6, 6.07) is 12.5. The SMILES string of the molecule is Cc1cc(C=O)c2c(c1)C=CC1(O2)N(C)c2ccc(-n3c(O)ccc3O)cc2C1(C)C. The first-order valence-corrected chi connectivity index (χ1v) is 10.2. The van der Waals surface area contributed by atoms with Gasteiger partial charge in [-0.25, -0.2) is 0 Å². The molecule has 0 saturated carbocycles. The molecule has 3 heterocycles. The molecule has 1 spiro atoms. The molecule has 2 aromatic carbocycles. The maximum absolute atomic E-state index is 11.8. The maximum Gasteiger partial charge on any atom is 0.211 e. The highest BCUT2D eigenvalue weighted by molar-refractivity contribution is 5.85. The monoisotopic (exact) mass is 416 g/mol. The molecule has 6 nitrogen and oxygen atoms in total. The average Bonchev–Trinajstić information content (AvgIpc) is 3.15. The fourth-order valence-corrected chi connectivity index (χ4v) is 5.00. The molecule has 2 aliphatic heterocycles. The first-order valence-electron chi connectivity index (χ1n) is 10.2. The van der Waals surface area contributed by atoms with Crippen LogP contribution in [0.2, 0.25) is 0 Å². The number of aldehydes is 1. The zero-order valence-electron chi connectivity index (χ0n) is 17.9. The van der Waals surface area contributed by atoms with Gasteiger partial charge in [-0.05, 0) is 74.4 Å². The molecule has 2 aliphatic rings. The summed E-state index contributed by atoms with van der Waals surface area (Å²) in [6.45, 7) is 6.15. The largest absolute Gasteiger partial charge is 0.494 e. The Morgan fingerprint density at radius 1 is 1.03 bits per heavy atom. The third-order valence-electron chi connectivity index (χ3n) is 6.67. The normalized spacial score (nSPS) is 20.5. The van der Waals surface area contributed by atoms with Crippen molar-refractivity contribution in [2.75, 3.05) is 11.9 Å². The van der Waals surface area contributed by atoms with E-state index in [2.05, 4.69) is 18.7 Å². The molecular weight excluding hydrogens is 392 g/mol. The quantitative estimate of drug-likeness (QED) is 0.600. The number of aryl methyl sites for hydroxylation is 1. The van der Waals surface area contributed by atoms with Crippen molar-refractivity contribution in [1.29, 1.82) is 0 Å². The average molecular weight is 416 g/mol. The number of anilines is 1. The number of hydrogen-bond acceptors (Lipinski definition) is 5. The summed E-state index contributed by atoms with van der Waals surface area (Å²) >= 11 is 0. The van der Waals surface area contributed by atoms with Crippen LogP contribution in [-0.2, 0) is 5.41 Å². The summed E-state index contributed by atoms with van der Waals surface area (Å²) in [7, 11) is 1.97. The highest BCUT2D eigenvalue weighted by Gasteiger charge is 2.58. The molecule has 0 bridgehead atoms. The van der Waals surface area contributed by atoms with E-state index in [9.17, 15) is 15.0 Å². The second-order valence-electron chi connectivity index (χ2n) is 8.79. The zero-order valence-corrected chi connectivity index (χ0v) is 17.9. The van der Waals surface area contributed by atoms with Gasteiger partial charge in [0.05, 0.1) is 16.7 Å². The molecule has 0 saturated heterocycles. The van der Waals surface area contributed by atoms with Crippen LogP contribution in [0, 0.1) is 6.92 Å². The van der Waals surface area contributed by atoms with E-state index in [1.54, 1.807) is 0 Å². The number of nitrogens with zero attached hydrogens (tertiary/aromatic N) is 2. The molecule has 0 amide bonds. The third kappa shape index (κ3) is 2.42. The number of aromatic nitrogens is 1.